The van der Waals surface area contributed by atoms with Gasteiger partial charge in [-0.15, -0.1) is 0 Å². The van der Waals surface area contributed by atoms with E-state index in [1.54, 1.807) is 0 Å². The molecule has 26 heavy (non-hydrogen) atoms. The summed E-state index contributed by atoms with van der Waals surface area (Å²) in [7, 11) is 0. The van der Waals surface area contributed by atoms with Crippen LogP contribution in [0.4, 0.5) is 5.69 Å². The number of ether oxygens (including phenoxy) is 1. The number of benzene rings is 2. The van der Waals surface area contributed by atoms with Crippen LogP contribution in [0.5, 0.6) is 0 Å². The van der Waals surface area contributed by atoms with E-state index in [0.717, 1.165) is 39.2 Å². The molecule has 0 radical (unpaired) electrons. The van der Waals surface area contributed by atoms with E-state index in [2.05, 4.69) is 85.2 Å². The molecule has 2 aromatic carbocycles. The SMILES string of the molecule is CCOC(CCN1CCN(c2ccccc2)C(C)C1)c1ccc(C)cc1. The zero-order valence-corrected chi connectivity index (χ0v) is 16.4. The molecule has 0 aromatic heterocycles. The number of hydrogen-bond acceptors (Lipinski definition) is 3. The van der Waals surface area contributed by atoms with Crippen molar-refractivity contribution in [3.05, 3.63) is 65.7 Å². The summed E-state index contributed by atoms with van der Waals surface area (Å²) in [6.45, 7) is 11.7. The van der Waals surface area contributed by atoms with Gasteiger partial charge >= 0.3 is 0 Å². The van der Waals surface area contributed by atoms with Crippen LogP contribution < -0.4 is 4.90 Å². The van der Waals surface area contributed by atoms with E-state index in [1.165, 1.54) is 16.8 Å². The predicted octanol–water partition coefficient (Wildman–Crippen LogP) is 4.67. The van der Waals surface area contributed by atoms with Crippen molar-refractivity contribution >= 4 is 5.69 Å². The lowest BCUT2D eigenvalue weighted by atomic mass is 10.0. The van der Waals surface area contributed by atoms with E-state index in [4.69, 9.17) is 4.74 Å². The lowest BCUT2D eigenvalue weighted by molar-refractivity contribution is 0.0460. The van der Waals surface area contributed by atoms with E-state index >= 15 is 0 Å². The zero-order valence-electron chi connectivity index (χ0n) is 16.4. The molecule has 1 aliphatic heterocycles. The topological polar surface area (TPSA) is 15.7 Å². The fraction of sp³-hybridized carbons (Fsp3) is 0.478. The molecule has 140 valence electrons. The van der Waals surface area contributed by atoms with Gasteiger partial charge < -0.3 is 9.64 Å². The van der Waals surface area contributed by atoms with Crippen molar-refractivity contribution in [2.24, 2.45) is 0 Å². The van der Waals surface area contributed by atoms with E-state index in [9.17, 15) is 0 Å². The van der Waals surface area contributed by atoms with Gasteiger partial charge in [-0.1, -0.05) is 48.0 Å². The van der Waals surface area contributed by atoms with E-state index in [1.807, 2.05) is 0 Å². The molecule has 0 spiro atoms. The van der Waals surface area contributed by atoms with Crippen LogP contribution in [-0.4, -0.2) is 43.7 Å². The quantitative estimate of drug-likeness (QED) is 0.720. The zero-order chi connectivity index (χ0) is 18.4. The van der Waals surface area contributed by atoms with E-state index in [0.29, 0.717) is 6.04 Å². The van der Waals surface area contributed by atoms with Gasteiger partial charge in [-0.05, 0) is 44.9 Å². The fourth-order valence-electron chi connectivity index (χ4n) is 3.87. The number of rotatable bonds is 7. The molecule has 1 heterocycles. The molecule has 0 aliphatic carbocycles. The standard InChI is InChI=1S/C23H32N2O/c1-4-26-23(21-12-10-19(2)11-13-21)14-15-24-16-17-25(20(3)18-24)22-8-6-5-7-9-22/h5-13,20,23H,4,14-18H2,1-3H3. The Morgan fingerprint density at radius 3 is 2.42 bits per heavy atom. The minimum absolute atomic E-state index is 0.197. The summed E-state index contributed by atoms with van der Waals surface area (Å²) in [4.78, 5) is 5.11. The van der Waals surface area contributed by atoms with Gasteiger partial charge in [0.1, 0.15) is 0 Å². The van der Waals surface area contributed by atoms with E-state index < -0.39 is 0 Å². The molecule has 2 atom stereocenters. The van der Waals surface area contributed by atoms with Crippen LogP contribution in [0.2, 0.25) is 0 Å². The molecule has 1 aliphatic rings. The third kappa shape index (κ3) is 4.87. The van der Waals surface area contributed by atoms with Gasteiger partial charge in [-0.3, -0.25) is 4.90 Å². The Balaban J connectivity index is 1.55. The average molecular weight is 353 g/mol. The molecule has 1 saturated heterocycles. The predicted molar refractivity (Wildman–Crippen MR) is 110 cm³/mol. The molecular weight excluding hydrogens is 320 g/mol. The highest BCUT2D eigenvalue weighted by Gasteiger charge is 2.24. The summed E-state index contributed by atoms with van der Waals surface area (Å²) in [5.41, 5.74) is 3.94. The lowest BCUT2D eigenvalue weighted by Crippen LogP contribution is -2.52. The maximum atomic E-state index is 6.04. The van der Waals surface area contributed by atoms with Crippen molar-refractivity contribution < 1.29 is 4.74 Å². The first-order valence-corrected chi connectivity index (χ1v) is 9.89. The maximum absolute atomic E-state index is 6.04. The molecule has 2 unspecified atom stereocenters. The minimum Gasteiger partial charge on any atom is -0.374 e. The first-order valence-electron chi connectivity index (χ1n) is 9.89. The van der Waals surface area contributed by atoms with Gasteiger partial charge in [0.15, 0.2) is 0 Å². The molecule has 0 amide bonds. The van der Waals surface area contributed by atoms with Crippen molar-refractivity contribution in [3.8, 4) is 0 Å². The summed E-state index contributed by atoms with van der Waals surface area (Å²) < 4.78 is 6.04. The van der Waals surface area contributed by atoms with Crippen LogP contribution in [0.1, 0.15) is 37.5 Å². The molecule has 0 N–H and O–H groups in total. The van der Waals surface area contributed by atoms with Gasteiger partial charge in [-0.2, -0.15) is 0 Å². The van der Waals surface area contributed by atoms with Crippen molar-refractivity contribution in [1.82, 2.24) is 4.90 Å². The second kappa shape index (κ2) is 9.20. The van der Waals surface area contributed by atoms with Crippen LogP contribution in [0.15, 0.2) is 54.6 Å². The highest BCUT2D eigenvalue weighted by molar-refractivity contribution is 5.47. The number of piperazine rings is 1. The van der Waals surface area contributed by atoms with Crippen molar-refractivity contribution in [2.75, 3.05) is 37.7 Å². The minimum atomic E-state index is 0.197. The number of nitrogens with zero attached hydrogens (tertiary/aromatic N) is 2. The van der Waals surface area contributed by atoms with Gasteiger partial charge in [-0.25, -0.2) is 0 Å². The largest absolute Gasteiger partial charge is 0.374 e. The van der Waals surface area contributed by atoms with Gasteiger partial charge in [0.05, 0.1) is 6.10 Å². The molecule has 0 saturated carbocycles. The molecule has 2 aromatic rings. The first-order chi connectivity index (χ1) is 12.7. The average Bonchev–Trinajstić information content (AvgIpc) is 2.67. The van der Waals surface area contributed by atoms with Crippen LogP contribution in [-0.2, 0) is 4.74 Å². The van der Waals surface area contributed by atoms with Crippen molar-refractivity contribution in [1.29, 1.82) is 0 Å². The second-order valence-electron chi connectivity index (χ2n) is 7.32. The molecule has 1 fully saturated rings. The summed E-state index contributed by atoms with van der Waals surface area (Å²) in [6.07, 6.45) is 1.25. The van der Waals surface area contributed by atoms with Crippen LogP contribution >= 0.6 is 0 Å². The molecular formula is C23H32N2O. The van der Waals surface area contributed by atoms with Gasteiger partial charge in [0, 0.05) is 44.5 Å². The second-order valence-corrected chi connectivity index (χ2v) is 7.32. The Morgan fingerprint density at radius 2 is 1.77 bits per heavy atom. The smallest absolute Gasteiger partial charge is 0.0837 e. The van der Waals surface area contributed by atoms with Crippen molar-refractivity contribution in [2.45, 2.75) is 39.3 Å². The lowest BCUT2D eigenvalue weighted by Gasteiger charge is -2.41. The Hall–Kier alpha value is -1.84. The third-order valence-electron chi connectivity index (χ3n) is 5.32. The van der Waals surface area contributed by atoms with Gasteiger partial charge in [0.2, 0.25) is 0 Å². The Morgan fingerprint density at radius 1 is 1.04 bits per heavy atom. The highest BCUT2D eigenvalue weighted by Crippen LogP contribution is 2.24. The highest BCUT2D eigenvalue weighted by atomic mass is 16.5. The molecule has 3 rings (SSSR count). The Labute approximate surface area is 158 Å². The number of aryl methyl sites for hydroxylation is 1. The fourth-order valence-corrected chi connectivity index (χ4v) is 3.87. The summed E-state index contributed by atoms with van der Waals surface area (Å²) >= 11 is 0. The molecule has 3 heteroatoms. The molecule has 0 bridgehead atoms. The summed E-state index contributed by atoms with van der Waals surface area (Å²) in [5, 5.41) is 0. The maximum Gasteiger partial charge on any atom is 0.0837 e. The van der Waals surface area contributed by atoms with E-state index in [-0.39, 0.29) is 6.10 Å². The third-order valence-corrected chi connectivity index (χ3v) is 5.32. The molecule has 3 nitrogen and oxygen atoms in total. The van der Waals surface area contributed by atoms with Crippen LogP contribution in [0.25, 0.3) is 0 Å². The van der Waals surface area contributed by atoms with Crippen LogP contribution in [0, 0.1) is 6.92 Å². The number of anilines is 1. The van der Waals surface area contributed by atoms with Crippen LogP contribution in [0.3, 0.4) is 0 Å². The summed E-state index contributed by atoms with van der Waals surface area (Å²) in [6, 6.07) is 20.1. The normalized spacial score (nSPS) is 19.5. The summed E-state index contributed by atoms with van der Waals surface area (Å²) in [5.74, 6) is 0. The number of para-hydroxylation sites is 1. The monoisotopic (exact) mass is 352 g/mol. The van der Waals surface area contributed by atoms with Crippen molar-refractivity contribution in [3.63, 3.8) is 0 Å². The first kappa shape index (κ1) is 18.9. The van der Waals surface area contributed by atoms with Gasteiger partial charge in [0.25, 0.3) is 0 Å². The number of hydrogen-bond donors (Lipinski definition) is 0. The Kier molecular flexibility index (Phi) is 6.70. The Bertz CT molecular complexity index is 656.